The number of aryl methyl sites for hydroxylation is 1. The fourth-order valence-electron chi connectivity index (χ4n) is 3.09. The third kappa shape index (κ3) is 2.33. The second kappa shape index (κ2) is 5.49. The maximum absolute atomic E-state index is 11.1. The van der Waals surface area contributed by atoms with E-state index in [0.29, 0.717) is 0 Å². The summed E-state index contributed by atoms with van der Waals surface area (Å²) in [6.07, 6.45) is 0. The highest BCUT2D eigenvalue weighted by Gasteiger charge is 2.12. The molecule has 4 heteroatoms. The molecule has 0 aliphatic carbocycles. The van der Waals surface area contributed by atoms with Crippen molar-refractivity contribution >= 4 is 33.4 Å². The molecule has 1 amide bonds. The van der Waals surface area contributed by atoms with Gasteiger partial charge in [-0.2, -0.15) is 0 Å². The number of rotatable bonds is 2. The predicted octanol–water partition coefficient (Wildman–Crippen LogP) is 4.35. The van der Waals surface area contributed by atoms with Gasteiger partial charge in [0.2, 0.25) is 5.91 Å². The first-order valence-corrected chi connectivity index (χ1v) is 7.86. The van der Waals surface area contributed by atoms with Crippen LogP contribution in [-0.4, -0.2) is 15.5 Å². The summed E-state index contributed by atoms with van der Waals surface area (Å²) >= 11 is 0. The quantitative estimate of drug-likeness (QED) is 0.598. The van der Waals surface area contributed by atoms with Crippen molar-refractivity contribution in [3.63, 3.8) is 0 Å². The normalized spacial score (nSPS) is 11.1. The zero-order valence-corrected chi connectivity index (χ0v) is 13.6. The lowest BCUT2D eigenvalue weighted by Crippen LogP contribution is -2.05. The van der Waals surface area contributed by atoms with Crippen LogP contribution in [-0.2, 0) is 11.8 Å². The molecule has 4 rings (SSSR count). The Morgan fingerprint density at radius 2 is 1.75 bits per heavy atom. The van der Waals surface area contributed by atoms with Crippen molar-refractivity contribution in [2.45, 2.75) is 6.92 Å². The molecular weight excluding hydrogens is 298 g/mol. The monoisotopic (exact) mass is 315 g/mol. The molecule has 0 radical (unpaired) electrons. The number of hydrogen-bond acceptors (Lipinski definition) is 2. The Bertz CT molecular complexity index is 1060. The number of nitrogens with zero attached hydrogens (tertiary/aromatic N) is 2. The van der Waals surface area contributed by atoms with E-state index in [2.05, 4.69) is 34.1 Å². The number of hydrogen-bond donors (Lipinski definition) is 1. The van der Waals surface area contributed by atoms with E-state index in [1.54, 1.807) is 0 Å². The van der Waals surface area contributed by atoms with Crippen LogP contribution in [0.4, 0.5) is 5.69 Å². The summed E-state index contributed by atoms with van der Waals surface area (Å²) < 4.78 is 2.11. The SMILES string of the molecule is CC(=O)Nc1ccc(-c2nc3c4ccccc4ccc3n2C)cc1. The minimum Gasteiger partial charge on any atom is -0.327 e. The molecule has 118 valence electrons. The highest BCUT2D eigenvalue weighted by atomic mass is 16.1. The number of anilines is 1. The molecule has 0 aliphatic rings. The Labute approximate surface area is 139 Å². The second-order valence-electron chi connectivity index (χ2n) is 5.91. The van der Waals surface area contributed by atoms with E-state index in [9.17, 15) is 4.79 Å². The Hall–Kier alpha value is -3.14. The highest BCUT2D eigenvalue weighted by Crippen LogP contribution is 2.29. The number of aromatic nitrogens is 2. The van der Waals surface area contributed by atoms with Crippen molar-refractivity contribution in [3.8, 4) is 11.4 Å². The molecule has 0 atom stereocenters. The summed E-state index contributed by atoms with van der Waals surface area (Å²) in [4.78, 5) is 16.0. The fourth-order valence-corrected chi connectivity index (χ4v) is 3.09. The number of fused-ring (bicyclic) bond motifs is 3. The van der Waals surface area contributed by atoms with Gasteiger partial charge in [0.05, 0.1) is 11.0 Å². The average molecular weight is 315 g/mol. The van der Waals surface area contributed by atoms with Gasteiger partial charge in [0.1, 0.15) is 5.82 Å². The Kier molecular flexibility index (Phi) is 3.31. The maximum Gasteiger partial charge on any atom is 0.221 e. The maximum atomic E-state index is 11.1. The lowest BCUT2D eigenvalue weighted by Gasteiger charge is -2.05. The minimum atomic E-state index is -0.0723. The number of carbonyl (C=O) groups is 1. The molecule has 0 saturated carbocycles. The van der Waals surface area contributed by atoms with E-state index in [0.717, 1.165) is 33.5 Å². The summed E-state index contributed by atoms with van der Waals surface area (Å²) in [5.74, 6) is 0.840. The first-order chi connectivity index (χ1) is 11.6. The standard InChI is InChI=1S/C20H17N3O/c1-13(24)21-16-10-7-15(8-11-16)20-22-19-17-6-4-3-5-14(17)9-12-18(19)23(20)2/h3-12H,1-2H3,(H,21,24). The molecule has 0 spiro atoms. The van der Waals surface area contributed by atoms with Crippen LogP contribution in [0.2, 0.25) is 0 Å². The van der Waals surface area contributed by atoms with Gasteiger partial charge < -0.3 is 9.88 Å². The minimum absolute atomic E-state index is 0.0723. The van der Waals surface area contributed by atoms with Gasteiger partial charge in [0.15, 0.2) is 0 Å². The summed E-state index contributed by atoms with van der Waals surface area (Å²) in [7, 11) is 2.03. The average Bonchev–Trinajstić information content (AvgIpc) is 2.92. The van der Waals surface area contributed by atoms with Gasteiger partial charge in [-0.3, -0.25) is 4.79 Å². The summed E-state index contributed by atoms with van der Waals surface area (Å²) in [6, 6.07) is 20.3. The van der Waals surface area contributed by atoms with E-state index in [-0.39, 0.29) is 5.91 Å². The number of carbonyl (C=O) groups excluding carboxylic acids is 1. The molecule has 24 heavy (non-hydrogen) atoms. The van der Waals surface area contributed by atoms with E-state index >= 15 is 0 Å². The number of benzene rings is 3. The first-order valence-electron chi connectivity index (χ1n) is 7.86. The van der Waals surface area contributed by atoms with Crippen LogP contribution in [0.15, 0.2) is 60.7 Å². The molecule has 1 heterocycles. The zero-order chi connectivity index (χ0) is 16.7. The van der Waals surface area contributed by atoms with Crippen molar-refractivity contribution in [2.75, 3.05) is 5.32 Å². The van der Waals surface area contributed by atoms with Gasteiger partial charge in [-0.1, -0.05) is 30.3 Å². The number of nitrogens with one attached hydrogen (secondary N) is 1. The van der Waals surface area contributed by atoms with E-state index in [1.807, 2.05) is 43.4 Å². The Balaban J connectivity index is 1.86. The van der Waals surface area contributed by atoms with Crippen LogP contribution in [0.1, 0.15) is 6.92 Å². The van der Waals surface area contributed by atoms with Crippen LogP contribution in [0.3, 0.4) is 0 Å². The summed E-state index contributed by atoms with van der Waals surface area (Å²) in [5.41, 5.74) is 3.92. The topological polar surface area (TPSA) is 46.9 Å². The molecule has 0 aliphatic heterocycles. The van der Waals surface area contributed by atoms with Crippen molar-refractivity contribution in [3.05, 3.63) is 60.7 Å². The highest BCUT2D eigenvalue weighted by molar-refractivity contribution is 6.05. The first kappa shape index (κ1) is 14.5. The number of amides is 1. The molecule has 0 bridgehead atoms. The van der Waals surface area contributed by atoms with Crippen LogP contribution in [0.25, 0.3) is 33.2 Å². The molecule has 0 fully saturated rings. The van der Waals surface area contributed by atoms with Crippen molar-refractivity contribution in [1.82, 2.24) is 9.55 Å². The van der Waals surface area contributed by atoms with Gasteiger partial charge in [-0.15, -0.1) is 0 Å². The smallest absolute Gasteiger partial charge is 0.221 e. The van der Waals surface area contributed by atoms with Crippen LogP contribution in [0, 0.1) is 0 Å². The summed E-state index contributed by atoms with van der Waals surface area (Å²) in [6.45, 7) is 1.50. The van der Waals surface area contributed by atoms with Crippen LogP contribution < -0.4 is 5.32 Å². The zero-order valence-electron chi connectivity index (χ0n) is 13.6. The van der Waals surface area contributed by atoms with Crippen LogP contribution in [0.5, 0.6) is 0 Å². The van der Waals surface area contributed by atoms with Crippen molar-refractivity contribution in [2.24, 2.45) is 7.05 Å². The largest absolute Gasteiger partial charge is 0.327 e. The molecule has 4 aromatic rings. The molecule has 0 saturated heterocycles. The predicted molar refractivity (Wildman–Crippen MR) is 98.0 cm³/mol. The van der Waals surface area contributed by atoms with E-state index in [1.165, 1.54) is 12.3 Å². The lowest BCUT2D eigenvalue weighted by atomic mass is 10.1. The second-order valence-corrected chi connectivity index (χ2v) is 5.91. The summed E-state index contributed by atoms with van der Waals surface area (Å²) in [5, 5.41) is 5.13. The molecule has 4 nitrogen and oxygen atoms in total. The third-order valence-corrected chi connectivity index (χ3v) is 4.24. The Morgan fingerprint density at radius 1 is 1.00 bits per heavy atom. The molecule has 1 N–H and O–H groups in total. The molecule has 3 aromatic carbocycles. The van der Waals surface area contributed by atoms with Gasteiger partial charge in [0.25, 0.3) is 0 Å². The van der Waals surface area contributed by atoms with Gasteiger partial charge in [-0.05, 0) is 35.7 Å². The van der Waals surface area contributed by atoms with Gasteiger partial charge >= 0.3 is 0 Å². The molecule has 0 unspecified atom stereocenters. The Morgan fingerprint density at radius 3 is 2.50 bits per heavy atom. The number of imidazole rings is 1. The molecular formula is C20H17N3O. The van der Waals surface area contributed by atoms with Gasteiger partial charge in [0, 0.05) is 30.6 Å². The van der Waals surface area contributed by atoms with Crippen molar-refractivity contribution < 1.29 is 4.79 Å². The van der Waals surface area contributed by atoms with Crippen LogP contribution >= 0.6 is 0 Å². The lowest BCUT2D eigenvalue weighted by molar-refractivity contribution is -0.114. The molecule has 1 aromatic heterocycles. The van der Waals surface area contributed by atoms with Crippen molar-refractivity contribution in [1.29, 1.82) is 0 Å². The van der Waals surface area contributed by atoms with Gasteiger partial charge in [-0.25, -0.2) is 4.98 Å². The fraction of sp³-hybridized carbons (Fsp3) is 0.100. The van der Waals surface area contributed by atoms with E-state index < -0.39 is 0 Å². The third-order valence-electron chi connectivity index (χ3n) is 4.24. The van der Waals surface area contributed by atoms with E-state index in [4.69, 9.17) is 4.98 Å².